The molecule has 2 rings (SSSR count). The Morgan fingerprint density at radius 2 is 2.32 bits per heavy atom. The van der Waals surface area contributed by atoms with Gasteiger partial charge in [-0.3, -0.25) is 4.79 Å². The van der Waals surface area contributed by atoms with Crippen LogP contribution in [0.5, 0.6) is 5.75 Å². The molecule has 1 aliphatic heterocycles. The highest BCUT2D eigenvalue weighted by atomic mass is 16.5. The monoisotopic (exact) mass is 264 g/mol. The first-order chi connectivity index (χ1) is 9.08. The Kier molecular flexibility index (Phi) is 3.95. The molecule has 5 nitrogen and oxygen atoms in total. The molecule has 0 saturated carbocycles. The number of likely N-dealkylation sites (tertiary alicyclic amines) is 1. The van der Waals surface area contributed by atoms with Crippen LogP contribution in [0.2, 0.25) is 0 Å². The Labute approximate surface area is 113 Å². The van der Waals surface area contributed by atoms with Crippen molar-refractivity contribution in [3.63, 3.8) is 0 Å². The van der Waals surface area contributed by atoms with Crippen LogP contribution in [0.3, 0.4) is 0 Å². The number of aliphatic hydroxyl groups is 1. The van der Waals surface area contributed by atoms with E-state index in [1.165, 1.54) is 7.11 Å². The van der Waals surface area contributed by atoms with Gasteiger partial charge in [0.2, 0.25) is 0 Å². The Morgan fingerprint density at radius 3 is 2.95 bits per heavy atom. The van der Waals surface area contributed by atoms with E-state index in [4.69, 9.17) is 10.5 Å². The summed E-state index contributed by atoms with van der Waals surface area (Å²) in [7, 11) is 1.53. The Balaban J connectivity index is 2.31. The zero-order valence-corrected chi connectivity index (χ0v) is 11.3. The van der Waals surface area contributed by atoms with Gasteiger partial charge in [0.15, 0.2) is 0 Å². The van der Waals surface area contributed by atoms with E-state index >= 15 is 0 Å². The summed E-state index contributed by atoms with van der Waals surface area (Å²) in [6, 6.07) is 4.89. The quantitative estimate of drug-likeness (QED) is 0.802. The summed E-state index contributed by atoms with van der Waals surface area (Å²) in [5, 5.41) is 9.43. The number of methoxy groups -OCH3 is 1. The lowest BCUT2D eigenvalue weighted by atomic mass is 10.0. The topological polar surface area (TPSA) is 75.8 Å². The molecule has 3 N–H and O–H groups in total. The Hall–Kier alpha value is -1.75. The molecule has 1 aliphatic rings. The van der Waals surface area contributed by atoms with Gasteiger partial charge in [-0.25, -0.2) is 0 Å². The van der Waals surface area contributed by atoms with Crippen molar-refractivity contribution < 1.29 is 14.6 Å². The van der Waals surface area contributed by atoms with Gasteiger partial charge in [0.1, 0.15) is 5.75 Å². The van der Waals surface area contributed by atoms with Gasteiger partial charge in [-0.05, 0) is 30.5 Å². The number of nitrogen functional groups attached to an aromatic ring is 1. The number of amides is 1. The molecule has 1 heterocycles. The van der Waals surface area contributed by atoms with E-state index in [0.29, 0.717) is 29.5 Å². The minimum absolute atomic E-state index is 0.0163. The highest BCUT2D eigenvalue weighted by Crippen LogP contribution is 2.29. The third kappa shape index (κ3) is 2.51. The summed E-state index contributed by atoms with van der Waals surface area (Å²) in [5.41, 5.74) is 6.72. The second-order valence-corrected chi connectivity index (χ2v) is 4.97. The molecular weight excluding hydrogens is 244 g/mol. The van der Waals surface area contributed by atoms with Crippen molar-refractivity contribution in [3.05, 3.63) is 23.8 Å². The van der Waals surface area contributed by atoms with Gasteiger partial charge in [0.25, 0.3) is 5.91 Å². The highest BCUT2D eigenvalue weighted by Gasteiger charge is 2.35. The summed E-state index contributed by atoms with van der Waals surface area (Å²) in [6.07, 6.45) is 0.904. The van der Waals surface area contributed by atoms with Gasteiger partial charge >= 0.3 is 0 Å². The molecule has 2 unspecified atom stereocenters. The van der Waals surface area contributed by atoms with Gasteiger partial charge in [0, 0.05) is 12.2 Å². The van der Waals surface area contributed by atoms with Crippen LogP contribution in [0.25, 0.3) is 0 Å². The number of anilines is 1. The standard InChI is InChI=1S/C14H20N2O3/c1-9-5-6-16(12(9)8-17)14(18)11-7-10(15)3-4-13(11)19-2/h3-4,7,9,12,17H,5-6,8,15H2,1-2H3. The predicted octanol–water partition coefficient (Wildman–Crippen LogP) is 1.12. The fourth-order valence-electron chi connectivity index (χ4n) is 2.59. The number of ether oxygens (including phenoxy) is 1. The molecule has 1 aromatic rings. The van der Waals surface area contributed by atoms with Gasteiger partial charge < -0.3 is 20.5 Å². The largest absolute Gasteiger partial charge is 0.496 e. The molecule has 5 heteroatoms. The third-order valence-corrected chi connectivity index (χ3v) is 3.78. The van der Waals surface area contributed by atoms with Crippen LogP contribution in [0.4, 0.5) is 5.69 Å². The van der Waals surface area contributed by atoms with Gasteiger partial charge in [-0.15, -0.1) is 0 Å². The first kappa shape index (κ1) is 13.7. The Morgan fingerprint density at radius 1 is 1.58 bits per heavy atom. The second-order valence-electron chi connectivity index (χ2n) is 4.97. The van der Waals surface area contributed by atoms with E-state index in [0.717, 1.165) is 6.42 Å². The molecule has 104 valence electrons. The van der Waals surface area contributed by atoms with Gasteiger partial charge in [0.05, 0.1) is 25.3 Å². The maximum absolute atomic E-state index is 12.6. The van der Waals surface area contributed by atoms with Crippen LogP contribution >= 0.6 is 0 Å². The first-order valence-corrected chi connectivity index (χ1v) is 6.43. The molecule has 0 bridgehead atoms. The number of carbonyl (C=O) groups excluding carboxylic acids is 1. The maximum Gasteiger partial charge on any atom is 0.258 e. The smallest absolute Gasteiger partial charge is 0.258 e. The molecule has 0 spiro atoms. The molecule has 0 radical (unpaired) electrons. The highest BCUT2D eigenvalue weighted by molar-refractivity contribution is 5.98. The van der Waals surface area contributed by atoms with E-state index in [2.05, 4.69) is 0 Å². The van der Waals surface area contributed by atoms with Crippen LogP contribution in [-0.4, -0.2) is 42.2 Å². The van der Waals surface area contributed by atoms with E-state index in [9.17, 15) is 9.90 Å². The predicted molar refractivity (Wildman–Crippen MR) is 73.1 cm³/mol. The van der Waals surface area contributed by atoms with Crippen LogP contribution in [0.1, 0.15) is 23.7 Å². The molecule has 0 aliphatic carbocycles. The summed E-state index contributed by atoms with van der Waals surface area (Å²) in [5.74, 6) is 0.684. The summed E-state index contributed by atoms with van der Waals surface area (Å²) in [6.45, 7) is 2.69. The molecule has 1 saturated heterocycles. The fourth-order valence-corrected chi connectivity index (χ4v) is 2.59. The number of hydrogen-bond donors (Lipinski definition) is 2. The minimum Gasteiger partial charge on any atom is -0.496 e. The molecule has 1 fully saturated rings. The average Bonchev–Trinajstić information content (AvgIpc) is 2.78. The van der Waals surface area contributed by atoms with E-state index in [1.54, 1.807) is 23.1 Å². The lowest BCUT2D eigenvalue weighted by molar-refractivity contribution is 0.0645. The number of rotatable bonds is 3. The molecule has 0 aromatic heterocycles. The van der Waals surface area contributed by atoms with Gasteiger partial charge in [-0.2, -0.15) is 0 Å². The number of benzene rings is 1. The van der Waals surface area contributed by atoms with Gasteiger partial charge in [-0.1, -0.05) is 6.92 Å². The zero-order valence-electron chi connectivity index (χ0n) is 11.3. The average molecular weight is 264 g/mol. The zero-order chi connectivity index (χ0) is 14.0. The summed E-state index contributed by atoms with van der Waals surface area (Å²) < 4.78 is 5.21. The van der Waals surface area contributed by atoms with Crippen molar-refractivity contribution in [1.82, 2.24) is 4.90 Å². The van der Waals surface area contributed by atoms with Crippen LogP contribution < -0.4 is 10.5 Å². The maximum atomic E-state index is 12.6. The number of aliphatic hydroxyl groups excluding tert-OH is 1. The Bertz CT molecular complexity index is 476. The number of carbonyl (C=O) groups is 1. The molecule has 2 atom stereocenters. The molecule has 1 aromatic carbocycles. The van der Waals surface area contributed by atoms with E-state index in [-0.39, 0.29) is 18.6 Å². The van der Waals surface area contributed by atoms with Crippen molar-refractivity contribution in [2.24, 2.45) is 5.92 Å². The lowest BCUT2D eigenvalue weighted by Crippen LogP contribution is -2.40. The van der Waals surface area contributed by atoms with Crippen LogP contribution in [-0.2, 0) is 0 Å². The van der Waals surface area contributed by atoms with Crippen LogP contribution in [0.15, 0.2) is 18.2 Å². The number of nitrogens with zero attached hydrogens (tertiary/aromatic N) is 1. The van der Waals surface area contributed by atoms with Crippen molar-refractivity contribution in [3.8, 4) is 5.75 Å². The number of hydrogen-bond acceptors (Lipinski definition) is 4. The van der Waals surface area contributed by atoms with Crippen LogP contribution in [0, 0.1) is 5.92 Å². The van der Waals surface area contributed by atoms with Crippen molar-refractivity contribution >= 4 is 11.6 Å². The lowest BCUT2D eigenvalue weighted by Gasteiger charge is -2.26. The van der Waals surface area contributed by atoms with Crippen molar-refractivity contribution in [1.29, 1.82) is 0 Å². The first-order valence-electron chi connectivity index (χ1n) is 6.43. The SMILES string of the molecule is COc1ccc(N)cc1C(=O)N1CCC(C)C1CO. The molecule has 19 heavy (non-hydrogen) atoms. The third-order valence-electron chi connectivity index (χ3n) is 3.78. The summed E-state index contributed by atoms with van der Waals surface area (Å²) in [4.78, 5) is 14.3. The summed E-state index contributed by atoms with van der Waals surface area (Å²) >= 11 is 0. The molecular formula is C14H20N2O3. The fraction of sp³-hybridized carbons (Fsp3) is 0.500. The van der Waals surface area contributed by atoms with Crippen molar-refractivity contribution in [2.75, 3.05) is 26.0 Å². The van der Waals surface area contributed by atoms with Crippen molar-refractivity contribution in [2.45, 2.75) is 19.4 Å². The second kappa shape index (κ2) is 5.48. The minimum atomic E-state index is -0.132. The van der Waals surface area contributed by atoms with E-state index < -0.39 is 0 Å². The van der Waals surface area contributed by atoms with E-state index in [1.807, 2.05) is 6.92 Å². The molecule has 1 amide bonds. The normalized spacial score (nSPS) is 22.6. The number of nitrogens with two attached hydrogens (primary N) is 1.